The normalized spacial score (nSPS) is 12.9. The first-order chi connectivity index (χ1) is 5.43. The second-order valence-corrected chi connectivity index (χ2v) is 3.81. The van der Waals surface area contributed by atoms with Crippen LogP contribution in [0.1, 0.15) is 34.6 Å². The maximum Gasteiger partial charge on any atom is 0.247 e. The standard InChI is InChI=1S/C10H19NO/c1-6-8(10(3,4)5)9(12)11-7-2/h6H,7H2,1-5H3,(H,11,12)/b8-6-. The highest BCUT2D eigenvalue weighted by Crippen LogP contribution is 2.24. The second-order valence-electron chi connectivity index (χ2n) is 3.81. The number of likely N-dealkylation sites (N-methyl/N-ethyl adjacent to an activating group) is 1. The van der Waals surface area contributed by atoms with Gasteiger partial charge in [-0.3, -0.25) is 4.79 Å². The number of rotatable bonds is 2. The predicted molar refractivity (Wildman–Crippen MR) is 51.9 cm³/mol. The van der Waals surface area contributed by atoms with Crippen LogP contribution in [-0.4, -0.2) is 12.5 Å². The fourth-order valence-corrected chi connectivity index (χ4v) is 1.16. The second kappa shape index (κ2) is 4.29. The highest BCUT2D eigenvalue weighted by Gasteiger charge is 2.21. The van der Waals surface area contributed by atoms with Gasteiger partial charge in [-0.15, -0.1) is 0 Å². The van der Waals surface area contributed by atoms with Crippen LogP contribution in [0.15, 0.2) is 11.6 Å². The minimum absolute atomic E-state index is 0.0486. The molecule has 0 heterocycles. The number of hydrogen-bond donors (Lipinski definition) is 1. The monoisotopic (exact) mass is 169 g/mol. The van der Waals surface area contributed by atoms with Crippen LogP contribution in [0.4, 0.5) is 0 Å². The molecule has 0 aliphatic rings. The third-order valence-electron chi connectivity index (χ3n) is 1.68. The van der Waals surface area contributed by atoms with Crippen LogP contribution >= 0.6 is 0 Å². The minimum atomic E-state index is -0.0615. The van der Waals surface area contributed by atoms with E-state index in [9.17, 15) is 4.79 Å². The molecule has 0 aromatic carbocycles. The Balaban J connectivity index is 4.49. The topological polar surface area (TPSA) is 29.1 Å². The molecule has 0 fully saturated rings. The predicted octanol–water partition coefficient (Wildman–Crippen LogP) is 2.11. The van der Waals surface area contributed by atoms with Crippen molar-refractivity contribution in [2.75, 3.05) is 6.54 Å². The van der Waals surface area contributed by atoms with Crippen molar-refractivity contribution in [2.45, 2.75) is 34.6 Å². The van der Waals surface area contributed by atoms with E-state index in [1.807, 2.05) is 40.7 Å². The summed E-state index contributed by atoms with van der Waals surface area (Å²) in [6.07, 6.45) is 1.88. The summed E-state index contributed by atoms with van der Waals surface area (Å²) in [5.41, 5.74) is 0.790. The van der Waals surface area contributed by atoms with Gasteiger partial charge in [0.05, 0.1) is 0 Å². The van der Waals surface area contributed by atoms with E-state index in [2.05, 4.69) is 5.32 Å². The quantitative estimate of drug-likeness (QED) is 0.630. The van der Waals surface area contributed by atoms with E-state index in [0.29, 0.717) is 6.54 Å². The lowest BCUT2D eigenvalue weighted by Crippen LogP contribution is -2.30. The maximum atomic E-state index is 11.4. The molecule has 1 N–H and O–H groups in total. The third-order valence-corrected chi connectivity index (χ3v) is 1.68. The highest BCUT2D eigenvalue weighted by molar-refractivity contribution is 5.94. The Morgan fingerprint density at radius 1 is 1.42 bits per heavy atom. The van der Waals surface area contributed by atoms with Crippen molar-refractivity contribution in [3.63, 3.8) is 0 Å². The Labute approximate surface area is 75.0 Å². The largest absolute Gasteiger partial charge is 0.353 e. The van der Waals surface area contributed by atoms with Crippen molar-refractivity contribution >= 4 is 5.91 Å². The molecule has 0 aliphatic heterocycles. The van der Waals surface area contributed by atoms with Gasteiger partial charge in [0.25, 0.3) is 0 Å². The zero-order chi connectivity index (χ0) is 9.78. The van der Waals surface area contributed by atoms with Crippen LogP contribution in [0.2, 0.25) is 0 Å². The van der Waals surface area contributed by atoms with E-state index in [1.54, 1.807) is 0 Å². The molecule has 0 aromatic heterocycles. The van der Waals surface area contributed by atoms with Gasteiger partial charge < -0.3 is 5.32 Å². The van der Waals surface area contributed by atoms with Gasteiger partial charge in [0.2, 0.25) is 5.91 Å². The molecule has 12 heavy (non-hydrogen) atoms. The molecule has 0 spiro atoms. The van der Waals surface area contributed by atoms with E-state index < -0.39 is 0 Å². The van der Waals surface area contributed by atoms with E-state index in [0.717, 1.165) is 5.57 Å². The lowest BCUT2D eigenvalue weighted by Gasteiger charge is -2.21. The van der Waals surface area contributed by atoms with Crippen LogP contribution in [0.5, 0.6) is 0 Å². The van der Waals surface area contributed by atoms with Gasteiger partial charge in [0.1, 0.15) is 0 Å². The van der Waals surface area contributed by atoms with Crippen molar-refractivity contribution in [2.24, 2.45) is 5.41 Å². The van der Waals surface area contributed by atoms with Crippen LogP contribution in [0.25, 0.3) is 0 Å². The Kier molecular flexibility index (Phi) is 4.01. The number of carbonyl (C=O) groups is 1. The molecule has 0 aliphatic carbocycles. The molecule has 0 bridgehead atoms. The lowest BCUT2D eigenvalue weighted by molar-refractivity contribution is -0.118. The Morgan fingerprint density at radius 3 is 2.17 bits per heavy atom. The summed E-state index contributed by atoms with van der Waals surface area (Å²) in [5.74, 6) is 0.0486. The summed E-state index contributed by atoms with van der Waals surface area (Å²) in [6, 6.07) is 0. The molecule has 0 aromatic rings. The van der Waals surface area contributed by atoms with Crippen molar-refractivity contribution in [1.29, 1.82) is 0 Å². The van der Waals surface area contributed by atoms with E-state index in [-0.39, 0.29) is 11.3 Å². The van der Waals surface area contributed by atoms with E-state index in [1.165, 1.54) is 0 Å². The van der Waals surface area contributed by atoms with Crippen molar-refractivity contribution in [1.82, 2.24) is 5.32 Å². The van der Waals surface area contributed by atoms with Crippen LogP contribution in [-0.2, 0) is 4.79 Å². The maximum absolute atomic E-state index is 11.4. The molecule has 0 unspecified atom stereocenters. The number of carbonyl (C=O) groups excluding carboxylic acids is 1. The Bertz CT molecular complexity index is 187. The van der Waals surface area contributed by atoms with Crippen LogP contribution < -0.4 is 5.32 Å². The van der Waals surface area contributed by atoms with E-state index >= 15 is 0 Å². The Hall–Kier alpha value is -0.790. The fourth-order valence-electron chi connectivity index (χ4n) is 1.16. The van der Waals surface area contributed by atoms with E-state index in [4.69, 9.17) is 0 Å². The average Bonchev–Trinajstić information content (AvgIpc) is 1.85. The zero-order valence-electron chi connectivity index (χ0n) is 8.69. The molecule has 2 nitrogen and oxygen atoms in total. The van der Waals surface area contributed by atoms with Crippen LogP contribution in [0.3, 0.4) is 0 Å². The first-order valence-electron chi connectivity index (χ1n) is 4.38. The van der Waals surface area contributed by atoms with Gasteiger partial charge in [0, 0.05) is 12.1 Å². The summed E-state index contributed by atoms with van der Waals surface area (Å²) in [4.78, 5) is 11.4. The number of nitrogens with one attached hydrogen (secondary N) is 1. The summed E-state index contributed by atoms with van der Waals surface area (Å²) in [6.45, 7) is 10.6. The summed E-state index contributed by atoms with van der Waals surface area (Å²) in [7, 11) is 0. The van der Waals surface area contributed by atoms with Crippen LogP contribution in [0, 0.1) is 5.41 Å². The number of allylic oxidation sites excluding steroid dienone is 1. The van der Waals surface area contributed by atoms with Gasteiger partial charge in [0.15, 0.2) is 0 Å². The van der Waals surface area contributed by atoms with Gasteiger partial charge in [-0.25, -0.2) is 0 Å². The lowest BCUT2D eigenvalue weighted by atomic mass is 9.86. The molecule has 0 rings (SSSR count). The fraction of sp³-hybridized carbons (Fsp3) is 0.700. The van der Waals surface area contributed by atoms with Crippen molar-refractivity contribution in [3.05, 3.63) is 11.6 Å². The molecule has 0 atom stereocenters. The van der Waals surface area contributed by atoms with Gasteiger partial charge in [-0.2, -0.15) is 0 Å². The number of amides is 1. The number of hydrogen-bond acceptors (Lipinski definition) is 1. The molecule has 1 amide bonds. The summed E-state index contributed by atoms with van der Waals surface area (Å²) in [5, 5.41) is 2.80. The Morgan fingerprint density at radius 2 is 1.92 bits per heavy atom. The molecular formula is C10H19NO. The highest BCUT2D eigenvalue weighted by atomic mass is 16.1. The van der Waals surface area contributed by atoms with Gasteiger partial charge >= 0.3 is 0 Å². The molecular weight excluding hydrogens is 150 g/mol. The summed E-state index contributed by atoms with van der Waals surface area (Å²) >= 11 is 0. The first kappa shape index (κ1) is 11.2. The smallest absolute Gasteiger partial charge is 0.247 e. The van der Waals surface area contributed by atoms with Gasteiger partial charge in [-0.05, 0) is 19.3 Å². The zero-order valence-corrected chi connectivity index (χ0v) is 8.69. The summed E-state index contributed by atoms with van der Waals surface area (Å²) < 4.78 is 0. The van der Waals surface area contributed by atoms with Crippen molar-refractivity contribution in [3.8, 4) is 0 Å². The average molecular weight is 169 g/mol. The molecule has 70 valence electrons. The molecule has 0 radical (unpaired) electrons. The minimum Gasteiger partial charge on any atom is -0.353 e. The molecule has 2 heteroatoms. The SMILES string of the molecule is C/C=C(/C(=O)NCC)C(C)(C)C. The molecule has 0 saturated carbocycles. The first-order valence-corrected chi connectivity index (χ1v) is 4.38. The third kappa shape index (κ3) is 3.07. The van der Waals surface area contributed by atoms with Crippen molar-refractivity contribution < 1.29 is 4.79 Å². The van der Waals surface area contributed by atoms with Gasteiger partial charge in [-0.1, -0.05) is 26.8 Å². The molecule has 0 saturated heterocycles.